The van der Waals surface area contributed by atoms with Crippen molar-refractivity contribution in [2.75, 3.05) is 6.54 Å². The molecule has 0 saturated heterocycles. The fourth-order valence-corrected chi connectivity index (χ4v) is 3.45. The first-order valence-corrected chi connectivity index (χ1v) is 7.23. The second-order valence-corrected chi connectivity index (χ2v) is 5.91. The Labute approximate surface area is 109 Å². The molecule has 0 fully saturated rings. The van der Waals surface area contributed by atoms with E-state index >= 15 is 0 Å². The average molecular weight is 299 g/mol. The third-order valence-corrected chi connectivity index (χ3v) is 4.57. The molecule has 5 nitrogen and oxygen atoms in total. The fourth-order valence-electron chi connectivity index (χ4n) is 1.79. The Kier molecular flexibility index (Phi) is 4.97. The van der Waals surface area contributed by atoms with Crippen LogP contribution in [0.3, 0.4) is 0 Å². The first-order chi connectivity index (χ1) is 8.72. The van der Waals surface area contributed by atoms with Gasteiger partial charge in [-0.05, 0) is 12.8 Å². The van der Waals surface area contributed by atoms with Crippen LogP contribution in [0.4, 0.5) is 13.2 Å². The molecule has 0 aliphatic rings. The molecule has 0 aliphatic carbocycles. The SMILES string of the molecule is CCC(CC)N(CC(F)(F)F)S(=O)(=O)c1cnc[nH]1. The lowest BCUT2D eigenvalue weighted by Crippen LogP contribution is -2.45. The largest absolute Gasteiger partial charge is 0.402 e. The molecule has 1 N–H and O–H groups in total. The van der Waals surface area contributed by atoms with E-state index < -0.39 is 28.8 Å². The molecule has 0 atom stereocenters. The number of alkyl halides is 3. The number of nitrogens with zero attached hydrogens (tertiary/aromatic N) is 2. The average Bonchev–Trinajstić information content (AvgIpc) is 2.81. The molecule has 0 radical (unpaired) electrons. The molecule has 1 rings (SSSR count). The van der Waals surface area contributed by atoms with Gasteiger partial charge in [0, 0.05) is 6.04 Å². The zero-order valence-electron chi connectivity index (χ0n) is 10.6. The molecular weight excluding hydrogens is 283 g/mol. The first-order valence-electron chi connectivity index (χ1n) is 5.79. The standard InChI is InChI=1S/C10H16F3N3O2S/c1-3-8(4-2)16(6-10(11,12)13)19(17,18)9-5-14-7-15-9/h5,7-8H,3-4,6H2,1-2H3,(H,14,15). The molecule has 9 heteroatoms. The predicted molar refractivity (Wildman–Crippen MR) is 62.9 cm³/mol. The van der Waals surface area contributed by atoms with Crippen LogP contribution in [0.5, 0.6) is 0 Å². The lowest BCUT2D eigenvalue weighted by atomic mass is 10.2. The highest BCUT2D eigenvalue weighted by Gasteiger charge is 2.40. The number of nitrogens with one attached hydrogen (secondary N) is 1. The third kappa shape index (κ3) is 3.93. The van der Waals surface area contributed by atoms with Crippen LogP contribution in [-0.2, 0) is 10.0 Å². The molecule has 1 aromatic rings. The summed E-state index contributed by atoms with van der Waals surface area (Å²) < 4.78 is 62.6. The van der Waals surface area contributed by atoms with Gasteiger partial charge in [0.25, 0.3) is 10.0 Å². The quantitative estimate of drug-likeness (QED) is 0.875. The van der Waals surface area contributed by atoms with Crippen molar-refractivity contribution in [2.24, 2.45) is 0 Å². The summed E-state index contributed by atoms with van der Waals surface area (Å²) >= 11 is 0. The monoisotopic (exact) mass is 299 g/mol. The minimum atomic E-state index is -4.59. The minimum absolute atomic E-state index is 0.306. The number of hydrogen-bond acceptors (Lipinski definition) is 3. The van der Waals surface area contributed by atoms with E-state index in [2.05, 4.69) is 9.97 Å². The van der Waals surface area contributed by atoms with Gasteiger partial charge in [-0.2, -0.15) is 17.5 Å². The van der Waals surface area contributed by atoms with Gasteiger partial charge in [-0.15, -0.1) is 0 Å². The predicted octanol–water partition coefficient (Wildman–Crippen LogP) is 2.15. The van der Waals surface area contributed by atoms with E-state index in [9.17, 15) is 21.6 Å². The zero-order valence-corrected chi connectivity index (χ0v) is 11.4. The van der Waals surface area contributed by atoms with Crippen LogP contribution in [0, 0.1) is 0 Å². The van der Waals surface area contributed by atoms with E-state index in [-0.39, 0.29) is 5.03 Å². The molecule has 0 aliphatic heterocycles. The number of aromatic nitrogens is 2. The summed E-state index contributed by atoms with van der Waals surface area (Å²) in [6.07, 6.45) is -1.86. The first kappa shape index (κ1) is 16.0. The highest BCUT2D eigenvalue weighted by molar-refractivity contribution is 7.89. The maximum Gasteiger partial charge on any atom is 0.402 e. The van der Waals surface area contributed by atoms with Gasteiger partial charge < -0.3 is 4.98 Å². The van der Waals surface area contributed by atoms with Gasteiger partial charge in [0.1, 0.15) is 6.54 Å². The third-order valence-electron chi connectivity index (χ3n) is 2.74. The molecule has 19 heavy (non-hydrogen) atoms. The molecule has 0 spiro atoms. The summed E-state index contributed by atoms with van der Waals surface area (Å²) in [5, 5.41) is -0.330. The van der Waals surface area contributed by atoms with Crippen LogP contribution in [0.25, 0.3) is 0 Å². The van der Waals surface area contributed by atoms with Crippen molar-refractivity contribution >= 4 is 10.0 Å². The molecule has 110 valence electrons. The van der Waals surface area contributed by atoms with E-state index in [0.717, 1.165) is 12.5 Å². The van der Waals surface area contributed by atoms with Crippen molar-refractivity contribution < 1.29 is 21.6 Å². The van der Waals surface area contributed by atoms with Crippen LogP contribution < -0.4 is 0 Å². The maximum atomic E-state index is 12.6. The normalized spacial score (nSPS) is 13.4. The number of hydrogen-bond donors (Lipinski definition) is 1. The van der Waals surface area contributed by atoms with Crippen molar-refractivity contribution in [1.29, 1.82) is 0 Å². The summed E-state index contributed by atoms with van der Waals surface area (Å²) in [5.74, 6) is 0. The lowest BCUT2D eigenvalue weighted by molar-refractivity contribution is -0.139. The van der Waals surface area contributed by atoms with Crippen molar-refractivity contribution in [3.05, 3.63) is 12.5 Å². The van der Waals surface area contributed by atoms with Crippen molar-refractivity contribution in [2.45, 2.75) is 43.9 Å². The van der Waals surface area contributed by atoms with E-state index in [1.807, 2.05) is 0 Å². The zero-order chi connectivity index (χ0) is 14.7. The molecule has 1 heterocycles. The molecule has 0 amide bonds. The highest BCUT2D eigenvalue weighted by atomic mass is 32.2. The fraction of sp³-hybridized carbons (Fsp3) is 0.700. The summed E-state index contributed by atoms with van der Waals surface area (Å²) in [7, 11) is -4.22. The second-order valence-electron chi connectivity index (χ2n) is 4.05. The number of halogens is 3. The van der Waals surface area contributed by atoms with Gasteiger partial charge >= 0.3 is 6.18 Å². The van der Waals surface area contributed by atoms with Crippen molar-refractivity contribution in [1.82, 2.24) is 14.3 Å². The molecule has 1 aromatic heterocycles. The van der Waals surface area contributed by atoms with Gasteiger partial charge in [-0.25, -0.2) is 13.4 Å². The lowest BCUT2D eigenvalue weighted by Gasteiger charge is -2.29. The summed E-state index contributed by atoms with van der Waals surface area (Å²) in [4.78, 5) is 5.87. The summed E-state index contributed by atoms with van der Waals surface area (Å²) in [6, 6.07) is -0.699. The van der Waals surface area contributed by atoms with Crippen LogP contribution in [0.1, 0.15) is 26.7 Å². The number of imidazole rings is 1. The van der Waals surface area contributed by atoms with Crippen molar-refractivity contribution in [3.63, 3.8) is 0 Å². The van der Waals surface area contributed by atoms with Gasteiger partial charge in [-0.3, -0.25) is 0 Å². The van der Waals surface area contributed by atoms with Gasteiger partial charge in [0.05, 0.1) is 12.5 Å². The molecule has 0 bridgehead atoms. The summed E-state index contributed by atoms with van der Waals surface area (Å²) in [5.41, 5.74) is 0. The van der Waals surface area contributed by atoms with E-state index in [0.29, 0.717) is 17.1 Å². The Bertz CT molecular complexity index is 481. The van der Waals surface area contributed by atoms with Gasteiger partial charge in [-0.1, -0.05) is 13.8 Å². The Hall–Kier alpha value is -1.09. The van der Waals surface area contributed by atoms with E-state index in [1.54, 1.807) is 13.8 Å². The van der Waals surface area contributed by atoms with Gasteiger partial charge in [0.2, 0.25) is 0 Å². The van der Waals surface area contributed by atoms with Crippen LogP contribution in [-0.4, -0.2) is 41.5 Å². The Balaban J connectivity index is 3.16. The molecule has 0 aromatic carbocycles. The molecular formula is C10H16F3N3O2S. The van der Waals surface area contributed by atoms with Crippen LogP contribution in [0.2, 0.25) is 0 Å². The number of aromatic amines is 1. The maximum absolute atomic E-state index is 12.6. The van der Waals surface area contributed by atoms with Crippen molar-refractivity contribution in [3.8, 4) is 0 Å². The smallest absolute Gasteiger partial charge is 0.335 e. The molecule has 0 unspecified atom stereocenters. The number of H-pyrrole nitrogens is 1. The van der Waals surface area contributed by atoms with Crippen LogP contribution >= 0.6 is 0 Å². The minimum Gasteiger partial charge on any atom is -0.335 e. The summed E-state index contributed by atoms with van der Waals surface area (Å²) in [6.45, 7) is 1.81. The number of sulfonamides is 1. The Morgan fingerprint density at radius 3 is 2.32 bits per heavy atom. The number of rotatable bonds is 6. The van der Waals surface area contributed by atoms with Crippen LogP contribution in [0.15, 0.2) is 17.6 Å². The van der Waals surface area contributed by atoms with E-state index in [4.69, 9.17) is 0 Å². The highest BCUT2D eigenvalue weighted by Crippen LogP contribution is 2.25. The van der Waals surface area contributed by atoms with Gasteiger partial charge in [0.15, 0.2) is 5.03 Å². The topological polar surface area (TPSA) is 66.1 Å². The van der Waals surface area contributed by atoms with E-state index in [1.165, 1.54) is 0 Å². The Morgan fingerprint density at radius 1 is 1.37 bits per heavy atom. The molecule has 0 saturated carbocycles. The Morgan fingerprint density at radius 2 is 1.95 bits per heavy atom. The second kappa shape index (κ2) is 5.91.